The van der Waals surface area contributed by atoms with Crippen LogP contribution in [-0.4, -0.2) is 7.11 Å². The molecule has 2 nitrogen and oxygen atoms in total. The maximum atomic E-state index is 5.86. The fraction of sp³-hybridized carbons (Fsp3) is 0.238. The van der Waals surface area contributed by atoms with Crippen molar-refractivity contribution in [1.29, 1.82) is 0 Å². The van der Waals surface area contributed by atoms with E-state index in [1.807, 2.05) is 19.1 Å². The van der Waals surface area contributed by atoms with Gasteiger partial charge >= 0.3 is 0 Å². The van der Waals surface area contributed by atoms with Crippen LogP contribution in [0.3, 0.4) is 0 Å². The van der Waals surface area contributed by atoms with Crippen LogP contribution in [0.15, 0.2) is 84.0 Å². The van der Waals surface area contributed by atoms with Crippen LogP contribution in [0.1, 0.15) is 30.9 Å². The molecule has 0 saturated heterocycles. The van der Waals surface area contributed by atoms with Crippen molar-refractivity contribution in [2.75, 3.05) is 7.11 Å². The fourth-order valence-corrected chi connectivity index (χ4v) is 3.25. The van der Waals surface area contributed by atoms with E-state index < -0.39 is 0 Å². The summed E-state index contributed by atoms with van der Waals surface area (Å²) in [5.74, 6) is 1.88. The first kappa shape index (κ1) is 15.4. The first-order valence-corrected chi connectivity index (χ1v) is 7.95. The molecule has 0 fully saturated rings. The molecule has 1 heterocycles. The van der Waals surface area contributed by atoms with Crippen molar-refractivity contribution in [2.24, 2.45) is 5.92 Å². The highest BCUT2D eigenvalue weighted by molar-refractivity contribution is 5.44. The lowest BCUT2D eigenvalue weighted by atomic mass is 9.79. The van der Waals surface area contributed by atoms with Crippen LogP contribution in [0.5, 0.6) is 0 Å². The molecule has 2 aromatic carbocycles. The summed E-state index contributed by atoms with van der Waals surface area (Å²) in [6, 6.07) is 21.0. The van der Waals surface area contributed by atoms with E-state index in [-0.39, 0.29) is 11.8 Å². The molecule has 2 heteroatoms. The highest BCUT2D eigenvalue weighted by Gasteiger charge is 2.30. The summed E-state index contributed by atoms with van der Waals surface area (Å²) >= 11 is 0. The van der Waals surface area contributed by atoms with E-state index in [0.717, 1.165) is 11.3 Å². The largest absolute Gasteiger partial charge is 0.468 e. The molecule has 0 radical (unpaired) electrons. The van der Waals surface area contributed by atoms with Crippen molar-refractivity contribution in [2.45, 2.75) is 19.8 Å². The molecule has 0 N–H and O–H groups in total. The van der Waals surface area contributed by atoms with E-state index in [0.29, 0.717) is 5.95 Å². The van der Waals surface area contributed by atoms with E-state index in [1.165, 1.54) is 11.1 Å². The number of methoxy groups -OCH3 is 1. The SMILES string of the molecule is COC1=C(C(c2ccccc2)c2ccccc2)C(C)C=C(C)O1. The summed E-state index contributed by atoms with van der Waals surface area (Å²) in [4.78, 5) is 0. The number of ether oxygens (including phenoxy) is 2. The Balaban J connectivity index is 2.16. The Morgan fingerprint density at radius 2 is 1.43 bits per heavy atom. The first-order chi connectivity index (χ1) is 11.2. The van der Waals surface area contributed by atoms with E-state index >= 15 is 0 Å². The summed E-state index contributed by atoms with van der Waals surface area (Å²) in [6.07, 6.45) is 2.15. The number of allylic oxidation sites excluding steroid dienone is 3. The van der Waals surface area contributed by atoms with Crippen LogP contribution in [0.2, 0.25) is 0 Å². The molecule has 0 spiro atoms. The predicted octanol–water partition coefficient (Wildman–Crippen LogP) is 5.25. The van der Waals surface area contributed by atoms with Crippen molar-refractivity contribution in [1.82, 2.24) is 0 Å². The zero-order valence-electron chi connectivity index (χ0n) is 13.8. The number of hydrogen-bond donors (Lipinski definition) is 0. The van der Waals surface area contributed by atoms with E-state index in [1.54, 1.807) is 7.11 Å². The highest BCUT2D eigenvalue weighted by Crippen LogP contribution is 2.41. The van der Waals surface area contributed by atoms with Crippen molar-refractivity contribution in [3.8, 4) is 0 Å². The van der Waals surface area contributed by atoms with Gasteiger partial charge in [0.1, 0.15) is 5.76 Å². The molecule has 1 unspecified atom stereocenters. The zero-order chi connectivity index (χ0) is 16.2. The average molecular weight is 306 g/mol. The van der Waals surface area contributed by atoms with Crippen LogP contribution in [-0.2, 0) is 9.47 Å². The third kappa shape index (κ3) is 3.16. The van der Waals surface area contributed by atoms with E-state index in [4.69, 9.17) is 9.47 Å². The lowest BCUT2D eigenvalue weighted by molar-refractivity contribution is 0.0888. The molecule has 118 valence electrons. The van der Waals surface area contributed by atoms with Gasteiger partial charge in [0.2, 0.25) is 0 Å². The van der Waals surface area contributed by atoms with E-state index in [2.05, 4.69) is 61.5 Å². The Kier molecular flexibility index (Phi) is 4.52. The van der Waals surface area contributed by atoms with Gasteiger partial charge < -0.3 is 9.47 Å². The Bertz CT molecular complexity index is 675. The molecular formula is C21H22O2. The summed E-state index contributed by atoms with van der Waals surface area (Å²) in [7, 11) is 1.67. The maximum Gasteiger partial charge on any atom is 0.284 e. The monoisotopic (exact) mass is 306 g/mol. The van der Waals surface area contributed by atoms with Crippen molar-refractivity contribution < 1.29 is 9.47 Å². The number of benzene rings is 2. The van der Waals surface area contributed by atoms with Crippen LogP contribution in [0.25, 0.3) is 0 Å². The van der Waals surface area contributed by atoms with Crippen LogP contribution >= 0.6 is 0 Å². The lowest BCUT2D eigenvalue weighted by Gasteiger charge is -2.30. The molecule has 0 amide bonds. The predicted molar refractivity (Wildman–Crippen MR) is 92.8 cm³/mol. The van der Waals surface area contributed by atoms with Gasteiger partial charge in [-0.2, -0.15) is 0 Å². The average Bonchev–Trinajstić information content (AvgIpc) is 2.58. The van der Waals surface area contributed by atoms with Crippen molar-refractivity contribution >= 4 is 0 Å². The summed E-state index contributed by atoms with van der Waals surface area (Å²) in [6.45, 7) is 4.16. The van der Waals surface area contributed by atoms with Gasteiger partial charge in [-0.05, 0) is 24.1 Å². The molecule has 0 bridgehead atoms. The van der Waals surface area contributed by atoms with Crippen LogP contribution in [0, 0.1) is 5.92 Å². The van der Waals surface area contributed by atoms with Gasteiger partial charge in [0.15, 0.2) is 0 Å². The number of rotatable bonds is 4. The second-order valence-electron chi connectivity index (χ2n) is 5.87. The van der Waals surface area contributed by atoms with Crippen molar-refractivity contribution in [3.63, 3.8) is 0 Å². The second kappa shape index (κ2) is 6.74. The third-order valence-corrected chi connectivity index (χ3v) is 4.23. The molecule has 1 atom stereocenters. The Hall–Kier alpha value is -2.48. The molecule has 0 saturated carbocycles. The maximum absolute atomic E-state index is 5.86. The van der Waals surface area contributed by atoms with E-state index in [9.17, 15) is 0 Å². The lowest BCUT2D eigenvalue weighted by Crippen LogP contribution is -2.18. The molecule has 23 heavy (non-hydrogen) atoms. The minimum Gasteiger partial charge on any atom is -0.468 e. The van der Waals surface area contributed by atoms with Gasteiger partial charge in [-0.25, -0.2) is 0 Å². The normalized spacial score (nSPS) is 17.7. The number of hydrogen-bond acceptors (Lipinski definition) is 2. The summed E-state index contributed by atoms with van der Waals surface area (Å²) in [5, 5.41) is 0. The zero-order valence-corrected chi connectivity index (χ0v) is 13.8. The minimum absolute atomic E-state index is 0.117. The minimum atomic E-state index is 0.117. The van der Waals surface area contributed by atoms with Crippen LogP contribution in [0.4, 0.5) is 0 Å². The quantitative estimate of drug-likeness (QED) is 0.768. The Labute approximate surface area is 138 Å². The third-order valence-electron chi connectivity index (χ3n) is 4.23. The molecular weight excluding hydrogens is 284 g/mol. The van der Waals surface area contributed by atoms with Crippen molar-refractivity contribution in [3.05, 3.63) is 95.1 Å². The summed E-state index contributed by atoms with van der Waals surface area (Å²) < 4.78 is 11.4. The fourth-order valence-electron chi connectivity index (χ4n) is 3.25. The van der Waals surface area contributed by atoms with Gasteiger partial charge in [0.25, 0.3) is 5.95 Å². The molecule has 3 rings (SSSR count). The smallest absolute Gasteiger partial charge is 0.284 e. The van der Waals surface area contributed by atoms with Gasteiger partial charge in [-0.3, -0.25) is 0 Å². The van der Waals surface area contributed by atoms with Gasteiger partial charge in [0.05, 0.1) is 7.11 Å². The Morgan fingerprint density at radius 1 is 0.913 bits per heavy atom. The molecule has 0 aliphatic carbocycles. The van der Waals surface area contributed by atoms with Gasteiger partial charge in [-0.15, -0.1) is 0 Å². The Morgan fingerprint density at radius 3 is 1.91 bits per heavy atom. The van der Waals surface area contributed by atoms with Gasteiger partial charge in [-0.1, -0.05) is 67.6 Å². The molecule has 1 aliphatic rings. The first-order valence-electron chi connectivity index (χ1n) is 7.95. The topological polar surface area (TPSA) is 18.5 Å². The highest BCUT2D eigenvalue weighted by atomic mass is 16.7. The molecule has 2 aromatic rings. The standard InChI is InChI=1S/C21H22O2/c1-15-14-16(2)23-21(22-3)19(15)20(17-10-6-4-7-11-17)18-12-8-5-9-13-18/h4-15,20H,1-3H3. The van der Waals surface area contributed by atoms with Crippen LogP contribution < -0.4 is 0 Å². The summed E-state index contributed by atoms with van der Waals surface area (Å²) in [5.41, 5.74) is 3.65. The van der Waals surface area contributed by atoms with Gasteiger partial charge in [0, 0.05) is 17.4 Å². The molecule has 1 aliphatic heterocycles. The second-order valence-corrected chi connectivity index (χ2v) is 5.87. The molecule has 0 aromatic heterocycles.